The fraction of sp³-hybridized carbons (Fsp3) is 0.520. The number of hydrogen-bond donors (Lipinski definition) is 1. The van der Waals surface area contributed by atoms with Crippen LogP contribution in [-0.4, -0.2) is 41.6 Å². The summed E-state index contributed by atoms with van der Waals surface area (Å²) in [7, 11) is 0. The minimum absolute atomic E-state index is 0. The van der Waals surface area contributed by atoms with Crippen molar-refractivity contribution >= 4 is 29.9 Å². The van der Waals surface area contributed by atoms with Crippen molar-refractivity contribution in [1.29, 1.82) is 0 Å². The van der Waals surface area contributed by atoms with Gasteiger partial charge in [0.1, 0.15) is 0 Å². The number of hydrogen-bond acceptors (Lipinski definition) is 2. The lowest BCUT2D eigenvalue weighted by atomic mass is 9.79. The highest BCUT2D eigenvalue weighted by Crippen LogP contribution is 2.34. The normalized spacial score (nSPS) is 19.0. The zero-order valence-electron chi connectivity index (χ0n) is 18.9. The molecule has 0 radical (unpaired) electrons. The molecule has 170 valence electrons. The molecule has 31 heavy (non-hydrogen) atoms. The number of pyridine rings is 1. The molecule has 1 saturated heterocycles. The Kier molecular flexibility index (Phi) is 11.1. The Bertz CT molecular complexity index is 852. The highest BCUT2D eigenvalue weighted by molar-refractivity contribution is 14.0. The van der Waals surface area contributed by atoms with Gasteiger partial charge in [-0.25, -0.2) is 0 Å². The van der Waals surface area contributed by atoms with Gasteiger partial charge in [0.05, 0.1) is 0 Å². The van der Waals surface area contributed by atoms with Crippen LogP contribution >= 0.6 is 24.0 Å². The third-order valence-electron chi connectivity index (χ3n) is 6.09. The van der Waals surface area contributed by atoms with E-state index in [2.05, 4.69) is 54.4 Å². The predicted octanol–water partition coefficient (Wildman–Crippen LogP) is 4.73. The van der Waals surface area contributed by atoms with Crippen LogP contribution in [0.15, 0.2) is 64.5 Å². The van der Waals surface area contributed by atoms with Crippen molar-refractivity contribution in [2.45, 2.75) is 52.0 Å². The second kappa shape index (κ2) is 13.6. The molecule has 2 unspecified atom stereocenters. The van der Waals surface area contributed by atoms with E-state index in [4.69, 9.17) is 4.99 Å². The molecule has 1 fully saturated rings. The van der Waals surface area contributed by atoms with E-state index < -0.39 is 0 Å². The summed E-state index contributed by atoms with van der Waals surface area (Å²) < 4.78 is 1.77. The van der Waals surface area contributed by atoms with Crippen molar-refractivity contribution < 1.29 is 0 Å². The van der Waals surface area contributed by atoms with Gasteiger partial charge in [0.15, 0.2) is 5.96 Å². The molecule has 2 aromatic rings. The highest BCUT2D eigenvalue weighted by Gasteiger charge is 2.30. The molecule has 3 rings (SSSR count). The largest absolute Gasteiger partial charge is 0.357 e. The first-order valence-corrected chi connectivity index (χ1v) is 11.5. The van der Waals surface area contributed by atoms with Crippen molar-refractivity contribution in [3.8, 4) is 0 Å². The van der Waals surface area contributed by atoms with Gasteiger partial charge >= 0.3 is 0 Å². The third kappa shape index (κ3) is 7.37. The van der Waals surface area contributed by atoms with E-state index >= 15 is 0 Å². The zero-order valence-corrected chi connectivity index (χ0v) is 21.2. The van der Waals surface area contributed by atoms with Crippen molar-refractivity contribution in [3.05, 3.63) is 70.6 Å². The average Bonchev–Trinajstić information content (AvgIpc) is 2.79. The summed E-state index contributed by atoms with van der Waals surface area (Å²) in [4.78, 5) is 19.1. The fourth-order valence-corrected chi connectivity index (χ4v) is 4.43. The highest BCUT2D eigenvalue weighted by atomic mass is 127. The zero-order chi connectivity index (χ0) is 21.2. The number of benzene rings is 1. The Balaban J connectivity index is 0.00000341. The fourth-order valence-electron chi connectivity index (χ4n) is 4.43. The first-order chi connectivity index (χ1) is 14.7. The second-order valence-electron chi connectivity index (χ2n) is 8.10. The number of likely N-dealkylation sites (tertiary alicyclic amines) is 1. The summed E-state index contributed by atoms with van der Waals surface area (Å²) in [5.74, 6) is 2.33. The molecule has 1 aliphatic heterocycles. The van der Waals surface area contributed by atoms with Crippen LogP contribution in [0, 0.1) is 5.92 Å². The van der Waals surface area contributed by atoms with E-state index in [0.29, 0.717) is 11.8 Å². The van der Waals surface area contributed by atoms with Crippen molar-refractivity contribution in [1.82, 2.24) is 14.8 Å². The number of aliphatic imine (C=N–C) groups is 1. The maximum absolute atomic E-state index is 11.8. The van der Waals surface area contributed by atoms with Crippen LogP contribution in [0.25, 0.3) is 0 Å². The van der Waals surface area contributed by atoms with Gasteiger partial charge in [-0.1, -0.05) is 49.7 Å². The van der Waals surface area contributed by atoms with Gasteiger partial charge in [0.2, 0.25) is 5.56 Å². The van der Waals surface area contributed by atoms with Crippen LogP contribution in [0.3, 0.4) is 0 Å². The standard InChI is InChI=1S/C25H36N4O.HI/c1-3-21-20-29(19-15-23(21)22-12-6-5-7-13-22)25(26-4-2)27-16-9-11-18-28-17-10-8-14-24(28)30;/h5-8,10,12-14,17,21,23H,3-4,9,11,15-16,18-20H2,1-2H3,(H,26,27);1H. The molecule has 1 aromatic carbocycles. The smallest absolute Gasteiger partial charge is 0.250 e. The van der Waals surface area contributed by atoms with Gasteiger partial charge in [0, 0.05) is 45.0 Å². The molecule has 0 amide bonds. The number of guanidine groups is 1. The molecule has 1 aromatic heterocycles. The number of aromatic nitrogens is 1. The Morgan fingerprint density at radius 3 is 2.58 bits per heavy atom. The van der Waals surface area contributed by atoms with Gasteiger partial charge in [-0.15, -0.1) is 24.0 Å². The van der Waals surface area contributed by atoms with Gasteiger partial charge < -0.3 is 14.8 Å². The summed E-state index contributed by atoms with van der Waals surface area (Å²) in [6.45, 7) is 8.97. The summed E-state index contributed by atoms with van der Waals surface area (Å²) in [6.07, 6.45) is 6.15. The summed E-state index contributed by atoms with van der Waals surface area (Å²) in [5, 5.41) is 3.49. The van der Waals surface area contributed by atoms with Gasteiger partial charge in [-0.2, -0.15) is 0 Å². The number of halogens is 1. The van der Waals surface area contributed by atoms with Crippen molar-refractivity contribution in [3.63, 3.8) is 0 Å². The Morgan fingerprint density at radius 2 is 1.87 bits per heavy atom. The molecule has 1 aliphatic rings. The summed E-state index contributed by atoms with van der Waals surface area (Å²) in [5.41, 5.74) is 1.54. The van der Waals surface area contributed by atoms with Gasteiger partial charge in [-0.3, -0.25) is 9.79 Å². The van der Waals surface area contributed by atoms with Crippen LogP contribution in [0.1, 0.15) is 51.0 Å². The lowest BCUT2D eigenvalue weighted by molar-refractivity contribution is 0.215. The third-order valence-corrected chi connectivity index (χ3v) is 6.09. The average molecular weight is 537 g/mol. The topological polar surface area (TPSA) is 49.6 Å². The van der Waals surface area contributed by atoms with Crippen LogP contribution in [0.2, 0.25) is 0 Å². The minimum atomic E-state index is 0. The maximum atomic E-state index is 11.8. The Morgan fingerprint density at radius 1 is 1.10 bits per heavy atom. The van der Waals surface area contributed by atoms with Crippen molar-refractivity contribution in [2.75, 3.05) is 26.2 Å². The summed E-state index contributed by atoms with van der Waals surface area (Å²) >= 11 is 0. The van der Waals surface area contributed by atoms with Crippen LogP contribution < -0.4 is 10.9 Å². The molecule has 0 bridgehead atoms. The van der Waals surface area contributed by atoms with Crippen LogP contribution in [0.4, 0.5) is 0 Å². The van der Waals surface area contributed by atoms with E-state index in [1.165, 1.54) is 18.4 Å². The van der Waals surface area contributed by atoms with Crippen LogP contribution in [0.5, 0.6) is 0 Å². The molecular formula is C25H37IN4O. The molecule has 2 heterocycles. The minimum Gasteiger partial charge on any atom is -0.357 e. The van der Waals surface area contributed by atoms with E-state index in [1.807, 2.05) is 12.3 Å². The first kappa shape index (κ1) is 25.4. The molecule has 0 aliphatic carbocycles. The number of piperidine rings is 1. The molecule has 2 atom stereocenters. The quantitative estimate of drug-likeness (QED) is 0.230. The molecular weight excluding hydrogens is 499 g/mol. The number of rotatable bonds is 8. The van der Waals surface area contributed by atoms with E-state index in [9.17, 15) is 4.79 Å². The Labute approximate surface area is 204 Å². The number of unbranched alkanes of at least 4 members (excludes halogenated alkanes) is 1. The second-order valence-corrected chi connectivity index (χ2v) is 8.10. The number of nitrogens with zero attached hydrogens (tertiary/aromatic N) is 3. The summed E-state index contributed by atoms with van der Waals surface area (Å²) in [6, 6.07) is 16.3. The molecule has 0 saturated carbocycles. The van der Waals surface area contributed by atoms with E-state index in [1.54, 1.807) is 16.7 Å². The van der Waals surface area contributed by atoms with E-state index in [-0.39, 0.29) is 29.5 Å². The van der Waals surface area contributed by atoms with Gasteiger partial charge in [-0.05, 0) is 49.7 Å². The lowest BCUT2D eigenvalue weighted by Crippen LogP contribution is -2.48. The monoisotopic (exact) mass is 536 g/mol. The molecule has 1 N–H and O–H groups in total. The molecule has 6 heteroatoms. The Hall–Kier alpha value is -1.83. The lowest BCUT2D eigenvalue weighted by Gasteiger charge is -2.40. The van der Waals surface area contributed by atoms with Gasteiger partial charge in [0.25, 0.3) is 0 Å². The molecule has 0 spiro atoms. The van der Waals surface area contributed by atoms with Crippen molar-refractivity contribution in [2.24, 2.45) is 10.9 Å². The predicted molar refractivity (Wildman–Crippen MR) is 140 cm³/mol. The number of aryl methyl sites for hydroxylation is 1. The molecule has 5 nitrogen and oxygen atoms in total. The van der Waals surface area contributed by atoms with Crippen LogP contribution in [-0.2, 0) is 6.54 Å². The number of nitrogens with one attached hydrogen (secondary N) is 1. The van der Waals surface area contributed by atoms with E-state index in [0.717, 1.165) is 51.5 Å². The first-order valence-electron chi connectivity index (χ1n) is 11.5. The SMILES string of the molecule is CCNC(=NCCCCn1ccccc1=O)N1CCC(c2ccccc2)C(CC)C1.I. The maximum Gasteiger partial charge on any atom is 0.250 e.